The van der Waals surface area contributed by atoms with Crippen LogP contribution < -0.4 is 14.8 Å². The van der Waals surface area contributed by atoms with Gasteiger partial charge in [-0.05, 0) is 53.6 Å². The van der Waals surface area contributed by atoms with Crippen LogP contribution in [0.15, 0.2) is 76.8 Å². The predicted molar refractivity (Wildman–Crippen MR) is 127 cm³/mol. The number of nitrogens with one attached hydrogen (secondary N) is 1. The van der Waals surface area contributed by atoms with Gasteiger partial charge < -0.3 is 14.8 Å². The van der Waals surface area contributed by atoms with Gasteiger partial charge in [-0.15, -0.1) is 0 Å². The van der Waals surface area contributed by atoms with Gasteiger partial charge in [0.2, 0.25) is 0 Å². The van der Waals surface area contributed by atoms with Crippen molar-refractivity contribution in [3.63, 3.8) is 0 Å². The number of benzene rings is 3. The molecular weight excluding hydrogens is 490 g/mol. The number of anilines is 1. The fourth-order valence-electron chi connectivity index (χ4n) is 2.86. The topological polar surface area (TPSA) is 114 Å². The molecule has 0 saturated carbocycles. The van der Waals surface area contributed by atoms with Crippen LogP contribution >= 0.6 is 15.9 Å². The molecule has 0 aliphatic carbocycles. The second-order valence-electron chi connectivity index (χ2n) is 6.76. The molecule has 166 valence electrons. The van der Waals surface area contributed by atoms with E-state index in [9.17, 15) is 20.2 Å². The SMILES string of the molecule is COc1cc(/C=C(/C#N)C(=O)Nc2ccc(Br)cc2)ccc1OCc1cccc([N+](=O)[O-])c1. The van der Waals surface area contributed by atoms with E-state index in [1.54, 1.807) is 54.6 Å². The Morgan fingerprint density at radius 1 is 1.15 bits per heavy atom. The molecule has 3 aromatic rings. The number of nitro groups is 1. The van der Waals surface area contributed by atoms with E-state index in [0.29, 0.717) is 28.3 Å². The molecule has 9 heteroatoms. The second kappa shape index (κ2) is 10.9. The number of halogens is 1. The van der Waals surface area contributed by atoms with Crippen molar-refractivity contribution in [3.8, 4) is 17.6 Å². The van der Waals surface area contributed by atoms with Crippen LogP contribution in [0, 0.1) is 21.4 Å². The van der Waals surface area contributed by atoms with Gasteiger partial charge in [-0.1, -0.05) is 34.1 Å². The van der Waals surface area contributed by atoms with Crippen molar-refractivity contribution in [3.05, 3.63) is 98.0 Å². The van der Waals surface area contributed by atoms with E-state index in [-0.39, 0.29) is 17.9 Å². The number of amides is 1. The van der Waals surface area contributed by atoms with Crippen LogP contribution in [0.2, 0.25) is 0 Å². The molecule has 0 radical (unpaired) electrons. The lowest BCUT2D eigenvalue weighted by Gasteiger charge is -2.12. The van der Waals surface area contributed by atoms with Crippen molar-refractivity contribution < 1.29 is 19.2 Å². The number of methoxy groups -OCH3 is 1. The van der Waals surface area contributed by atoms with Gasteiger partial charge in [0.05, 0.1) is 12.0 Å². The van der Waals surface area contributed by atoms with Gasteiger partial charge >= 0.3 is 0 Å². The summed E-state index contributed by atoms with van der Waals surface area (Å²) in [5.74, 6) is 0.267. The van der Waals surface area contributed by atoms with Crippen LogP contribution in [-0.2, 0) is 11.4 Å². The zero-order valence-electron chi connectivity index (χ0n) is 17.4. The van der Waals surface area contributed by atoms with Gasteiger partial charge in [-0.3, -0.25) is 14.9 Å². The third-order valence-corrected chi connectivity index (χ3v) is 5.01. The van der Waals surface area contributed by atoms with Gasteiger partial charge in [0.15, 0.2) is 11.5 Å². The molecule has 0 heterocycles. The summed E-state index contributed by atoms with van der Waals surface area (Å²) in [6, 6.07) is 20.0. The summed E-state index contributed by atoms with van der Waals surface area (Å²) < 4.78 is 12.0. The Morgan fingerprint density at radius 2 is 1.91 bits per heavy atom. The molecule has 0 aromatic heterocycles. The average Bonchev–Trinajstić information content (AvgIpc) is 2.83. The molecule has 0 aliphatic heterocycles. The number of carbonyl (C=O) groups excluding carboxylic acids is 1. The molecule has 0 atom stereocenters. The second-order valence-corrected chi connectivity index (χ2v) is 7.67. The van der Waals surface area contributed by atoms with E-state index in [1.807, 2.05) is 6.07 Å². The highest BCUT2D eigenvalue weighted by atomic mass is 79.9. The van der Waals surface area contributed by atoms with E-state index in [0.717, 1.165) is 4.47 Å². The smallest absolute Gasteiger partial charge is 0.269 e. The number of ether oxygens (including phenoxy) is 2. The van der Waals surface area contributed by atoms with Crippen molar-refractivity contribution in [2.75, 3.05) is 12.4 Å². The molecule has 3 aromatic carbocycles. The third kappa shape index (κ3) is 6.41. The highest BCUT2D eigenvalue weighted by Gasteiger charge is 2.12. The number of carbonyl (C=O) groups is 1. The first-order chi connectivity index (χ1) is 15.9. The number of non-ortho nitro benzene ring substituents is 1. The van der Waals surface area contributed by atoms with Crippen molar-refractivity contribution >= 4 is 39.3 Å². The molecule has 3 rings (SSSR count). The van der Waals surface area contributed by atoms with Crippen LogP contribution in [0.1, 0.15) is 11.1 Å². The van der Waals surface area contributed by atoms with E-state index in [1.165, 1.54) is 25.3 Å². The predicted octanol–water partition coefficient (Wildman–Crippen LogP) is 5.49. The zero-order valence-corrected chi connectivity index (χ0v) is 19.0. The average molecular weight is 508 g/mol. The summed E-state index contributed by atoms with van der Waals surface area (Å²) in [5.41, 5.74) is 1.66. The Bertz CT molecular complexity index is 1250. The first kappa shape index (κ1) is 23.5. The molecule has 0 spiro atoms. The van der Waals surface area contributed by atoms with Gasteiger partial charge in [0.25, 0.3) is 11.6 Å². The number of hydrogen-bond donors (Lipinski definition) is 1. The summed E-state index contributed by atoms with van der Waals surface area (Å²) in [6.45, 7) is 0.103. The number of nitrogens with zero attached hydrogens (tertiary/aromatic N) is 2. The highest BCUT2D eigenvalue weighted by molar-refractivity contribution is 9.10. The summed E-state index contributed by atoms with van der Waals surface area (Å²) in [5, 5.41) is 23.0. The minimum absolute atomic E-state index is 0.0194. The Balaban J connectivity index is 1.74. The molecule has 0 aliphatic rings. The normalized spacial score (nSPS) is 10.8. The Labute approximate surface area is 198 Å². The van der Waals surface area contributed by atoms with Crippen LogP contribution in [-0.4, -0.2) is 17.9 Å². The van der Waals surface area contributed by atoms with Crippen LogP contribution in [0.3, 0.4) is 0 Å². The van der Waals surface area contributed by atoms with Crippen molar-refractivity contribution in [2.24, 2.45) is 0 Å². The number of rotatable bonds is 8. The van der Waals surface area contributed by atoms with E-state index in [4.69, 9.17) is 9.47 Å². The Hall–Kier alpha value is -4.16. The maximum atomic E-state index is 12.5. The first-order valence-corrected chi connectivity index (χ1v) is 10.4. The molecule has 8 nitrogen and oxygen atoms in total. The van der Waals surface area contributed by atoms with E-state index >= 15 is 0 Å². The van der Waals surface area contributed by atoms with Gasteiger partial charge in [-0.25, -0.2) is 0 Å². The zero-order chi connectivity index (χ0) is 23.8. The Morgan fingerprint density at radius 3 is 2.58 bits per heavy atom. The van der Waals surface area contributed by atoms with Crippen LogP contribution in [0.25, 0.3) is 6.08 Å². The van der Waals surface area contributed by atoms with Crippen molar-refractivity contribution in [1.82, 2.24) is 0 Å². The number of nitriles is 1. The van der Waals surface area contributed by atoms with Crippen molar-refractivity contribution in [1.29, 1.82) is 5.26 Å². The molecular formula is C24H18BrN3O5. The lowest BCUT2D eigenvalue weighted by atomic mass is 10.1. The van der Waals surface area contributed by atoms with Gasteiger partial charge in [0, 0.05) is 22.3 Å². The molecule has 1 N–H and O–H groups in total. The summed E-state index contributed by atoms with van der Waals surface area (Å²) >= 11 is 3.33. The quantitative estimate of drug-likeness (QED) is 0.186. The maximum absolute atomic E-state index is 12.5. The van der Waals surface area contributed by atoms with Crippen molar-refractivity contribution in [2.45, 2.75) is 6.61 Å². The monoisotopic (exact) mass is 507 g/mol. The minimum atomic E-state index is -0.537. The lowest BCUT2D eigenvalue weighted by Crippen LogP contribution is -2.13. The fraction of sp³-hybridized carbons (Fsp3) is 0.0833. The molecule has 0 unspecified atom stereocenters. The standard InChI is InChI=1S/C24H18BrN3O5/c1-32-23-13-16(11-18(14-26)24(29)27-20-8-6-19(25)7-9-20)5-10-22(23)33-15-17-3-2-4-21(12-17)28(30)31/h2-13H,15H2,1H3,(H,27,29)/b18-11-. The third-order valence-electron chi connectivity index (χ3n) is 4.48. The molecule has 0 saturated heterocycles. The minimum Gasteiger partial charge on any atom is -0.493 e. The lowest BCUT2D eigenvalue weighted by molar-refractivity contribution is -0.384. The number of hydrogen-bond acceptors (Lipinski definition) is 6. The summed E-state index contributed by atoms with van der Waals surface area (Å²) in [4.78, 5) is 22.9. The number of nitro benzene ring substituents is 1. The summed E-state index contributed by atoms with van der Waals surface area (Å²) in [6.07, 6.45) is 1.45. The molecule has 0 fully saturated rings. The molecule has 1 amide bonds. The van der Waals surface area contributed by atoms with Crippen LogP contribution in [0.5, 0.6) is 11.5 Å². The largest absolute Gasteiger partial charge is 0.493 e. The molecule has 0 bridgehead atoms. The maximum Gasteiger partial charge on any atom is 0.269 e. The fourth-order valence-corrected chi connectivity index (χ4v) is 3.13. The van der Waals surface area contributed by atoms with E-state index < -0.39 is 10.8 Å². The van der Waals surface area contributed by atoms with Gasteiger partial charge in [0.1, 0.15) is 18.2 Å². The molecule has 33 heavy (non-hydrogen) atoms. The van der Waals surface area contributed by atoms with Crippen LogP contribution in [0.4, 0.5) is 11.4 Å². The Kier molecular flexibility index (Phi) is 7.78. The first-order valence-electron chi connectivity index (χ1n) is 9.62. The van der Waals surface area contributed by atoms with E-state index in [2.05, 4.69) is 21.2 Å². The van der Waals surface area contributed by atoms with Gasteiger partial charge in [-0.2, -0.15) is 5.26 Å². The summed E-state index contributed by atoms with van der Waals surface area (Å²) in [7, 11) is 1.47. The highest BCUT2D eigenvalue weighted by Crippen LogP contribution is 2.30.